The summed E-state index contributed by atoms with van der Waals surface area (Å²) in [5, 5.41) is 5.39. The van der Waals surface area contributed by atoms with Gasteiger partial charge in [-0.2, -0.15) is 0 Å². The van der Waals surface area contributed by atoms with Crippen molar-refractivity contribution < 1.29 is 13.9 Å². The number of hydrogen-bond donors (Lipinski definition) is 1. The SMILES string of the molecule is COC(=O)c1ccc(CN[C@@H](C)c2cccs2)o1. The normalized spacial score (nSPS) is 12.3. The molecule has 0 radical (unpaired) electrons. The molecular formula is C13H15NO3S. The highest BCUT2D eigenvalue weighted by Gasteiger charge is 2.12. The Morgan fingerprint density at radius 2 is 2.33 bits per heavy atom. The van der Waals surface area contributed by atoms with E-state index in [4.69, 9.17) is 4.42 Å². The zero-order valence-corrected chi connectivity index (χ0v) is 11.1. The van der Waals surface area contributed by atoms with Crippen LogP contribution < -0.4 is 5.32 Å². The molecule has 5 heteroatoms. The zero-order chi connectivity index (χ0) is 13.0. The second kappa shape index (κ2) is 5.84. The summed E-state index contributed by atoms with van der Waals surface area (Å²) in [4.78, 5) is 12.5. The van der Waals surface area contributed by atoms with Crippen molar-refractivity contribution in [3.8, 4) is 0 Å². The molecule has 2 aromatic heterocycles. The lowest BCUT2D eigenvalue weighted by atomic mass is 10.2. The van der Waals surface area contributed by atoms with E-state index in [1.807, 2.05) is 6.07 Å². The molecule has 0 aliphatic heterocycles. The van der Waals surface area contributed by atoms with Gasteiger partial charge in [0.25, 0.3) is 0 Å². The standard InChI is InChI=1S/C13H15NO3S/c1-9(12-4-3-7-18-12)14-8-10-5-6-11(17-10)13(15)16-2/h3-7,9,14H,8H2,1-2H3/t9-/m0/s1. The maximum Gasteiger partial charge on any atom is 0.373 e. The van der Waals surface area contributed by atoms with Gasteiger partial charge in [0.05, 0.1) is 13.7 Å². The lowest BCUT2D eigenvalue weighted by molar-refractivity contribution is 0.0563. The molecule has 18 heavy (non-hydrogen) atoms. The van der Waals surface area contributed by atoms with Crippen LogP contribution in [0.15, 0.2) is 34.1 Å². The average molecular weight is 265 g/mol. The van der Waals surface area contributed by atoms with Crippen molar-refractivity contribution in [1.29, 1.82) is 0 Å². The lowest BCUT2D eigenvalue weighted by Gasteiger charge is -2.10. The minimum Gasteiger partial charge on any atom is -0.463 e. The van der Waals surface area contributed by atoms with E-state index in [1.54, 1.807) is 23.5 Å². The van der Waals surface area contributed by atoms with Gasteiger partial charge in [-0.15, -0.1) is 11.3 Å². The van der Waals surface area contributed by atoms with E-state index in [9.17, 15) is 4.79 Å². The summed E-state index contributed by atoms with van der Waals surface area (Å²) in [5.41, 5.74) is 0. The first-order valence-electron chi connectivity index (χ1n) is 5.64. The maximum atomic E-state index is 11.2. The molecule has 0 spiro atoms. The molecule has 0 saturated carbocycles. The quantitative estimate of drug-likeness (QED) is 0.844. The van der Waals surface area contributed by atoms with Gasteiger partial charge in [-0.3, -0.25) is 0 Å². The Balaban J connectivity index is 1.90. The Kier molecular flexibility index (Phi) is 4.17. The van der Waals surface area contributed by atoms with E-state index >= 15 is 0 Å². The monoisotopic (exact) mass is 265 g/mol. The Morgan fingerprint density at radius 1 is 1.50 bits per heavy atom. The number of thiophene rings is 1. The van der Waals surface area contributed by atoms with Gasteiger partial charge in [0.1, 0.15) is 5.76 Å². The minimum atomic E-state index is -0.451. The highest BCUT2D eigenvalue weighted by Crippen LogP contribution is 2.19. The van der Waals surface area contributed by atoms with Gasteiger partial charge in [0.2, 0.25) is 5.76 Å². The van der Waals surface area contributed by atoms with Crippen molar-refractivity contribution in [3.05, 3.63) is 46.0 Å². The molecule has 96 valence electrons. The second-order valence-corrected chi connectivity index (χ2v) is 4.85. The first kappa shape index (κ1) is 12.9. The van der Waals surface area contributed by atoms with Crippen LogP contribution in [-0.2, 0) is 11.3 Å². The summed E-state index contributed by atoms with van der Waals surface area (Å²) in [5.74, 6) is 0.504. The number of carbonyl (C=O) groups excluding carboxylic acids is 1. The molecule has 2 aromatic rings. The number of esters is 1. The van der Waals surface area contributed by atoms with Gasteiger partial charge in [-0.25, -0.2) is 4.79 Å². The highest BCUT2D eigenvalue weighted by molar-refractivity contribution is 7.10. The van der Waals surface area contributed by atoms with E-state index < -0.39 is 5.97 Å². The number of nitrogens with one attached hydrogen (secondary N) is 1. The van der Waals surface area contributed by atoms with Crippen LogP contribution in [0.4, 0.5) is 0 Å². The van der Waals surface area contributed by atoms with Crippen LogP contribution in [0.5, 0.6) is 0 Å². The Bertz CT molecular complexity index is 504. The summed E-state index contributed by atoms with van der Waals surface area (Å²) in [7, 11) is 1.33. The molecule has 1 atom stereocenters. The molecule has 0 aliphatic carbocycles. The zero-order valence-electron chi connectivity index (χ0n) is 10.3. The van der Waals surface area contributed by atoms with Crippen molar-refractivity contribution in [1.82, 2.24) is 5.32 Å². The number of hydrogen-bond acceptors (Lipinski definition) is 5. The number of methoxy groups -OCH3 is 1. The van der Waals surface area contributed by atoms with Crippen LogP contribution >= 0.6 is 11.3 Å². The molecule has 2 rings (SSSR count). The van der Waals surface area contributed by atoms with Gasteiger partial charge in [-0.1, -0.05) is 6.07 Å². The molecule has 0 aromatic carbocycles. The first-order chi connectivity index (χ1) is 8.70. The average Bonchev–Trinajstić information content (AvgIpc) is 3.05. The van der Waals surface area contributed by atoms with E-state index in [2.05, 4.69) is 28.4 Å². The fourth-order valence-electron chi connectivity index (χ4n) is 1.58. The van der Waals surface area contributed by atoms with Crippen LogP contribution in [0.1, 0.15) is 34.2 Å². The molecule has 0 fully saturated rings. The van der Waals surface area contributed by atoms with Crippen molar-refractivity contribution >= 4 is 17.3 Å². The largest absolute Gasteiger partial charge is 0.463 e. The van der Waals surface area contributed by atoms with Gasteiger partial charge in [0.15, 0.2) is 0 Å². The fraction of sp³-hybridized carbons (Fsp3) is 0.308. The highest BCUT2D eigenvalue weighted by atomic mass is 32.1. The summed E-state index contributed by atoms with van der Waals surface area (Å²) in [6.07, 6.45) is 0. The Hall–Kier alpha value is -1.59. The van der Waals surface area contributed by atoms with E-state index in [1.165, 1.54) is 12.0 Å². The van der Waals surface area contributed by atoms with Crippen molar-refractivity contribution in [2.75, 3.05) is 7.11 Å². The minimum absolute atomic E-state index is 0.234. The lowest BCUT2D eigenvalue weighted by Crippen LogP contribution is -2.16. The van der Waals surface area contributed by atoms with Crippen LogP contribution in [-0.4, -0.2) is 13.1 Å². The smallest absolute Gasteiger partial charge is 0.373 e. The second-order valence-electron chi connectivity index (χ2n) is 3.88. The molecule has 0 saturated heterocycles. The number of rotatable bonds is 5. The predicted octanol–water partition coefficient (Wildman–Crippen LogP) is 2.98. The molecule has 0 aliphatic rings. The predicted molar refractivity (Wildman–Crippen MR) is 69.6 cm³/mol. The molecular weight excluding hydrogens is 250 g/mol. The fourth-order valence-corrected chi connectivity index (χ4v) is 2.33. The van der Waals surface area contributed by atoms with Gasteiger partial charge < -0.3 is 14.5 Å². The Morgan fingerprint density at radius 3 is 3.00 bits per heavy atom. The topological polar surface area (TPSA) is 51.5 Å². The van der Waals surface area contributed by atoms with E-state index in [-0.39, 0.29) is 11.8 Å². The van der Waals surface area contributed by atoms with Gasteiger partial charge in [0, 0.05) is 10.9 Å². The van der Waals surface area contributed by atoms with Crippen LogP contribution in [0.3, 0.4) is 0 Å². The van der Waals surface area contributed by atoms with Crippen molar-refractivity contribution in [2.24, 2.45) is 0 Å². The van der Waals surface area contributed by atoms with Crippen LogP contribution in [0.2, 0.25) is 0 Å². The van der Waals surface area contributed by atoms with Gasteiger partial charge in [-0.05, 0) is 30.5 Å². The third-order valence-corrected chi connectivity index (χ3v) is 3.66. The third kappa shape index (κ3) is 3.00. The number of carbonyl (C=O) groups is 1. The van der Waals surface area contributed by atoms with E-state index in [0.29, 0.717) is 6.54 Å². The summed E-state index contributed by atoms with van der Waals surface area (Å²) in [6.45, 7) is 2.67. The van der Waals surface area contributed by atoms with Crippen LogP contribution in [0.25, 0.3) is 0 Å². The molecule has 0 unspecified atom stereocenters. The molecule has 0 bridgehead atoms. The third-order valence-electron chi connectivity index (χ3n) is 2.60. The van der Waals surface area contributed by atoms with Gasteiger partial charge >= 0.3 is 5.97 Å². The van der Waals surface area contributed by atoms with Crippen LogP contribution in [0, 0.1) is 0 Å². The van der Waals surface area contributed by atoms with Crippen molar-refractivity contribution in [2.45, 2.75) is 19.5 Å². The number of ether oxygens (including phenoxy) is 1. The number of furan rings is 1. The molecule has 4 nitrogen and oxygen atoms in total. The summed E-state index contributed by atoms with van der Waals surface area (Å²) >= 11 is 1.71. The molecule has 1 N–H and O–H groups in total. The van der Waals surface area contributed by atoms with Crippen molar-refractivity contribution in [3.63, 3.8) is 0 Å². The molecule has 2 heterocycles. The Labute approximate surface area is 110 Å². The maximum absolute atomic E-state index is 11.2. The summed E-state index contributed by atoms with van der Waals surface area (Å²) < 4.78 is 9.95. The summed E-state index contributed by atoms with van der Waals surface area (Å²) in [6, 6.07) is 7.78. The van der Waals surface area contributed by atoms with E-state index in [0.717, 1.165) is 5.76 Å². The first-order valence-corrected chi connectivity index (χ1v) is 6.52. The molecule has 0 amide bonds.